The number of benzene rings is 1. The molecule has 1 aromatic carbocycles. The van der Waals surface area contributed by atoms with E-state index in [9.17, 15) is 9.18 Å². The van der Waals surface area contributed by atoms with Gasteiger partial charge in [-0.25, -0.2) is 4.39 Å². The fourth-order valence-electron chi connectivity index (χ4n) is 1.23. The Labute approximate surface area is 83.9 Å². The third kappa shape index (κ3) is 2.41. The van der Waals surface area contributed by atoms with Gasteiger partial charge in [-0.05, 0) is 5.92 Å². The molecule has 0 aromatic heterocycles. The lowest BCUT2D eigenvalue weighted by molar-refractivity contribution is 0.0817. The zero-order valence-electron chi connectivity index (χ0n) is 8.53. The Morgan fingerprint density at radius 2 is 1.93 bits per heavy atom. The van der Waals surface area contributed by atoms with Crippen LogP contribution >= 0.6 is 0 Å². The van der Waals surface area contributed by atoms with Crippen molar-refractivity contribution in [2.24, 2.45) is 5.92 Å². The smallest absolute Gasteiger partial charge is 0.197 e. The number of carbonyl (C=O) groups is 1. The number of alkyl halides is 1. The Bertz CT molecular complexity index is 294. The van der Waals surface area contributed by atoms with Gasteiger partial charge >= 0.3 is 0 Å². The molecule has 0 radical (unpaired) electrons. The summed E-state index contributed by atoms with van der Waals surface area (Å²) in [5.41, 5.74) is 0.459. The van der Waals surface area contributed by atoms with E-state index in [0.717, 1.165) is 0 Å². The maximum absolute atomic E-state index is 13.5. The lowest BCUT2D eigenvalue weighted by Gasteiger charge is -2.13. The molecule has 76 valence electrons. The van der Waals surface area contributed by atoms with Crippen molar-refractivity contribution >= 4 is 5.78 Å². The summed E-state index contributed by atoms with van der Waals surface area (Å²) >= 11 is 0. The molecule has 1 rings (SSSR count). The number of ketones is 1. The fraction of sp³-hybridized carbons (Fsp3) is 0.417. The van der Waals surface area contributed by atoms with E-state index in [1.807, 2.05) is 13.0 Å². The van der Waals surface area contributed by atoms with Crippen molar-refractivity contribution in [3.05, 3.63) is 35.9 Å². The number of halogens is 1. The van der Waals surface area contributed by atoms with Crippen molar-refractivity contribution in [1.29, 1.82) is 0 Å². The number of hydrogen-bond donors (Lipinski definition) is 0. The van der Waals surface area contributed by atoms with Gasteiger partial charge in [0.25, 0.3) is 0 Å². The second-order valence-electron chi connectivity index (χ2n) is 3.52. The number of hydrogen-bond acceptors (Lipinski definition) is 1. The van der Waals surface area contributed by atoms with Crippen molar-refractivity contribution < 1.29 is 9.18 Å². The predicted molar refractivity (Wildman–Crippen MR) is 55.1 cm³/mol. The van der Waals surface area contributed by atoms with Crippen LogP contribution in [0, 0.1) is 5.92 Å². The van der Waals surface area contributed by atoms with E-state index in [1.54, 1.807) is 31.2 Å². The first-order valence-corrected chi connectivity index (χ1v) is 4.90. The van der Waals surface area contributed by atoms with Crippen LogP contribution in [0.5, 0.6) is 0 Å². The average Bonchev–Trinajstić information content (AvgIpc) is 2.27. The molecular formula is C12H15FO. The average molecular weight is 194 g/mol. The van der Waals surface area contributed by atoms with Crippen LogP contribution < -0.4 is 0 Å². The summed E-state index contributed by atoms with van der Waals surface area (Å²) in [6, 6.07) is 8.61. The van der Waals surface area contributed by atoms with Gasteiger partial charge in [0, 0.05) is 5.56 Å². The van der Waals surface area contributed by atoms with E-state index in [-0.39, 0.29) is 5.92 Å². The van der Waals surface area contributed by atoms with Crippen LogP contribution in [0.15, 0.2) is 30.3 Å². The van der Waals surface area contributed by atoms with E-state index in [2.05, 4.69) is 0 Å². The normalized spacial score (nSPS) is 14.8. The van der Waals surface area contributed by atoms with Gasteiger partial charge in [-0.3, -0.25) is 4.79 Å². The third-order valence-corrected chi connectivity index (χ3v) is 2.45. The van der Waals surface area contributed by atoms with Gasteiger partial charge in [0.2, 0.25) is 0 Å². The van der Waals surface area contributed by atoms with E-state index in [1.165, 1.54) is 0 Å². The Morgan fingerprint density at radius 3 is 2.43 bits per heavy atom. The van der Waals surface area contributed by atoms with Crippen LogP contribution in [0.1, 0.15) is 30.6 Å². The summed E-state index contributed by atoms with van der Waals surface area (Å²) in [5, 5.41) is 0. The molecular weight excluding hydrogens is 179 g/mol. The van der Waals surface area contributed by atoms with Crippen molar-refractivity contribution in [3.63, 3.8) is 0 Å². The first-order chi connectivity index (χ1) is 6.66. The SMILES string of the molecule is CC[C@@H](C)[C@@H](F)C(=O)c1ccccc1. The zero-order chi connectivity index (χ0) is 10.6. The number of Topliss-reactive ketones (excluding diaryl/α,β-unsaturated/α-hetero) is 1. The van der Waals surface area contributed by atoms with Crippen LogP contribution in [0.4, 0.5) is 4.39 Å². The molecule has 0 heterocycles. The minimum atomic E-state index is -1.37. The van der Waals surface area contributed by atoms with E-state index in [0.29, 0.717) is 12.0 Å². The highest BCUT2D eigenvalue weighted by atomic mass is 19.1. The van der Waals surface area contributed by atoms with Gasteiger partial charge in [0.15, 0.2) is 12.0 Å². The van der Waals surface area contributed by atoms with Gasteiger partial charge < -0.3 is 0 Å². The molecule has 0 N–H and O–H groups in total. The van der Waals surface area contributed by atoms with Crippen molar-refractivity contribution in [1.82, 2.24) is 0 Å². The van der Waals surface area contributed by atoms with Crippen molar-refractivity contribution in [2.75, 3.05) is 0 Å². The summed E-state index contributed by atoms with van der Waals surface area (Å²) in [5.74, 6) is -0.609. The Balaban J connectivity index is 2.76. The molecule has 2 atom stereocenters. The molecule has 0 aliphatic rings. The first kappa shape index (κ1) is 10.9. The highest BCUT2D eigenvalue weighted by molar-refractivity contribution is 5.99. The fourth-order valence-corrected chi connectivity index (χ4v) is 1.23. The summed E-state index contributed by atoms with van der Waals surface area (Å²) in [6.07, 6.45) is -0.692. The maximum atomic E-state index is 13.5. The Hall–Kier alpha value is -1.18. The summed E-state index contributed by atoms with van der Waals surface area (Å²) in [4.78, 5) is 11.6. The van der Waals surface area contributed by atoms with Gasteiger partial charge in [-0.2, -0.15) is 0 Å². The Kier molecular flexibility index (Phi) is 3.81. The molecule has 0 unspecified atom stereocenters. The van der Waals surface area contributed by atoms with Gasteiger partial charge in [-0.1, -0.05) is 50.6 Å². The highest BCUT2D eigenvalue weighted by Crippen LogP contribution is 2.16. The molecule has 0 aliphatic heterocycles. The minimum Gasteiger partial charge on any atom is -0.291 e. The van der Waals surface area contributed by atoms with Gasteiger partial charge in [0.1, 0.15) is 0 Å². The summed E-state index contributed by atoms with van der Waals surface area (Å²) in [6.45, 7) is 3.64. The lowest BCUT2D eigenvalue weighted by atomic mass is 9.96. The van der Waals surface area contributed by atoms with Crippen LogP contribution in [-0.2, 0) is 0 Å². The minimum absolute atomic E-state index is 0.206. The molecule has 1 aromatic rings. The van der Waals surface area contributed by atoms with E-state index < -0.39 is 12.0 Å². The predicted octanol–water partition coefficient (Wildman–Crippen LogP) is 3.25. The van der Waals surface area contributed by atoms with E-state index >= 15 is 0 Å². The standard InChI is InChI=1S/C12H15FO/c1-3-9(2)11(13)12(14)10-7-5-4-6-8-10/h4-9,11H,3H2,1-2H3/t9-,11-/m1/s1. The Morgan fingerprint density at radius 1 is 1.36 bits per heavy atom. The van der Waals surface area contributed by atoms with Crippen LogP contribution in [0.3, 0.4) is 0 Å². The molecule has 0 amide bonds. The van der Waals surface area contributed by atoms with Crippen molar-refractivity contribution in [3.8, 4) is 0 Å². The van der Waals surface area contributed by atoms with Crippen molar-refractivity contribution in [2.45, 2.75) is 26.4 Å². The maximum Gasteiger partial charge on any atom is 0.197 e. The van der Waals surface area contributed by atoms with E-state index in [4.69, 9.17) is 0 Å². The molecule has 0 saturated carbocycles. The summed E-state index contributed by atoms with van der Waals surface area (Å²) in [7, 11) is 0. The molecule has 0 aliphatic carbocycles. The second-order valence-corrected chi connectivity index (χ2v) is 3.52. The summed E-state index contributed by atoms with van der Waals surface area (Å²) < 4.78 is 13.5. The highest BCUT2D eigenvalue weighted by Gasteiger charge is 2.23. The number of carbonyl (C=O) groups excluding carboxylic acids is 1. The third-order valence-electron chi connectivity index (χ3n) is 2.45. The van der Waals surface area contributed by atoms with Crippen LogP contribution in [0.25, 0.3) is 0 Å². The molecule has 14 heavy (non-hydrogen) atoms. The molecule has 0 spiro atoms. The molecule has 1 nitrogen and oxygen atoms in total. The second kappa shape index (κ2) is 4.89. The van der Waals surface area contributed by atoms with Gasteiger partial charge in [0.05, 0.1) is 0 Å². The molecule has 0 bridgehead atoms. The van der Waals surface area contributed by atoms with Gasteiger partial charge in [-0.15, -0.1) is 0 Å². The number of rotatable bonds is 4. The monoisotopic (exact) mass is 194 g/mol. The quantitative estimate of drug-likeness (QED) is 0.672. The first-order valence-electron chi connectivity index (χ1n) is 4.90. The molecule has 0 fully saturated rings. The molecule has 0 saturated heterocycles. The van der Waals surface area contributed by atoms with Crippen LogP contribution in [-0.4, -0.2) is 12.0 Å². The lowest BCUT2D eigenvalue weighted by Crippen LogP contribution is -2.23. The van der Waals surface area contributed by atoms with Crippen LogP contribution in [0.2, 0.25) is 0 Å². The topological polar surface area (TPSA) is 17.1 Å². The zero-order valence-corrected chi connectivity index (χ0v) is 8.53. The molecule has 2 heteroatoms. The largest absolute Gasteiger partial charge is 0.291 e.